The van der Waals surface area contributed by atoms with Crippen LogP contribution in [0.15, 0.2) is 65.8 Å². The Balaban J connectivity index is 1.21. The summed E-state index contributed by atoms with van der Waals surface area (Å²) in [6, 6.07) is 8.17. The number of hydrogen-bond acceptors (Lipinski definition) is 0. The van der Waals surface area contributed by atoms with Crippen molar-refractivity contribution in [2.75, 3.05) is 0 Å². The molecule has 0 unspecified atom stereocenters. The van der Waals surface area contributed by atoms with Gasteiger partial charge in [0.05, 0.1) is 6.08 Å². The third kappa shape index (κ3) is 7.43. The summed E-state index contributed by atoms with van der Waals surface area (Å²) in [5.41, 5.74) is 3.97. The molecule has 0 aliphatic heterocycles. The molecule has 1 aromatic carbocycles. The molecule has 0 aromatic heterocycles. The molecule has 5 heteroatoms. The Bertz CT molecular complexity index is 992. The van der Waals surface area contributed by atoms with E-state index < -0.39 is 17.9 Å². The summed E-state index contributed by atoms with van der Waals surface area (Å²) in [4.78, 5) is 0. The Kier molecular flexibility index (Phi) is 8.90. The summed E-state index contributed by atoms with van der Waals surface area (Å²) in [5.74, 6) is -0.0252. The summed E-state index contributed by atoms with van der Waals surface area (Å²) >= 11 is 0. The number of aryl methyl sites for hydroxylation is 1. The Morgan fingerprint density at radius 1 is 0.889 bits per heavy atom. The standard InChI is InChI=1S/C31H37F5/c1-21-5-10-25(11-6-21)28-4-2-3-26(29(32)19-28)14-9-22-7-12-23(13-8-22)24-15-17-27(18-16-24)30(33)20-31(34,35)36/h3-6,10-11,19-20,22-24,27H,2,7-9,12-18H2,1H3/b30-20-. The fourth-order valence-electron chi connectivity index (χ4n) is 6.33. The van der Waals surface area contributed by atoms with Gasteiger partial charge in [0.2, 0.25) is 0 Å². The van der Waals surface area contributed by atoms with Gasteiger partial charge in [0.1, 0.15) is 11.7 Å². The van der Waals surface area contributed by atoms with Crippen molar-refractivity contribution in [2.45, 2.75) is 83.7 Å². The third-order valence-electron chi connectivity index (χ3n) is 8.52. The number of allylic oxidation sites excluding steroid dienone is 8. The average molecular weight is 505 g/mol. The molecule has 3 aliphatic carbocycles. The molecular weight excluding hydrogens is 467 g/mol. The zero-order valence-electron chi connectivity index (χ0n) is 21.1. The highest BCUT2D eigenvalue weighted by atomic mass is 19.4. The van der Waals surface area contributed by atoms with Gasteiger partial charge in [-0.15, -0.1) is 0 Å². The highest BCUT2D eigenvalue weighted by Crippen LogP contribution is 2.44. The summed E-state index contributed by atoms with van der Waals surface area (Å²) in [5, 5.41) is 0. The Hall–Kier alpha value is -2.17. The van der Waals surface area contributed by atoms with Crippen LogP contribution in [0.3, 0.4) is 0 Å². The van der Waals surface area contributed by atoms with E-state index in [-0.39, 0.29) is 11.9 Å². The van der Waals surface area contributed by atoms with Gasteiger partial charge < -0.3 is 0 Å². The fourth-order valence-corrected chi connectivity index (χ4v) is 6.33. The number of hydrogen-bond donors (Lipinski definition) is 0. The van der Waals surface area contributed by atoms with E-state index in [0.717, 1.165) is 74.5 Å². The van der Waals surface area contributed by atoms with Gasteiger partial charge in [-0.1, -0.05) is 54.8 Å². The maximum atomic E-state index is 15.0. The van der Waals surface area contributed by atoms with E-state index in [1.54, 1.807) is 6.08 Å². The summed E-state index contributed by atoms with van der Waals surface area (Å²) in [7, 11) is 0. The number of rotatable bonds is 6. The van der Waals surface area contributed by atoms with E-state index in [1.807, 2.05) is 37.3 Å². The predicted octanol–water partition coefficient (Wildman–Crippen LogP) is 10.4. The predicted molar refractivity (Wildman–Crippen MR) is 136 cm³/mol. The van der Waals surface area contributed by atoms with Crippen molar-refractivity contribution in [1.29, 1.82) is 0 Å². The number of halogens is 5. The van der Waals surface area contributed by atoms with Gasteiger partial charge in [-0.25, -0.2) is 8.78 Å². The Morgan fingerprint density at radius 3 is 2.11 bits per heavy atom. The van der Waals surface area contributed by atoms with Crippen LogP contribution in [0.1, 0.15) is 81.8 Å². The van der Waals surface area contributed by atoms with E-state index in [0.29, 0.717) is 30.6 Å². The van der Waals surface area contributed by atoms with E-state index >= 15 is 4.39 Å². The quantitative estimate of drug-likeness (QED) is 0.338. The molecule has 196 valence electrons. The van der Waals surface area contributed by atoms with Crippen LogP contribution >= 0.6 is 0 Å². The normalized spacial score (nSPS) is 28.2. The first kappa shape index (κ1) is 26.9. The van der Waals surface area contributed by atoms with Crippen LogP contribution in [0, 0.1) is 30.6 Å². The van der Waals surface area contributed by atoms with Gasteiger partial charge in [0.15, 0.2) is 0 Å². The van der Waals surface area contributed by atoms with Gasteiger partial charge >= 0.3 is 6.18 Å². The van der Waals surface area contributed by atoms with Crippen LogP contribution in [0.2, 0.25) is 0 Å². The van der Waals surface area contributed by atoms with Crippen LogP contribution in [0.25, 0.3) is 5.57 Å². The Labute approximate surface area is 212 Å². The molecule has 0 radical (unpaired) electrons. The van der Waals surface area contributed by atoms with Crippen LogP contribution in [0.5, 0.6) is 0 Å². The maximum absolute atomic E-state index is 15.0. The van der Waals surface area contributed by atoms with Crippen LogP contribution in [0.4, 0.5) is 22.0 Å². The summed E-state index contributed by atoms with van der Waals surface area (Å²) in [6.07, 6.45) is 10.7. The molecule has 2 saturated carbocycles. The minimum Gasteiger partial charge on any atom is -0.212 e. The molecule has 0 spiro atoms. The molecule has 0 nitrogen and oxygen atoms in total. The molecule has 0 heterocycles. The number of benzene rings is 1. The van der Waals surface area contributed by atoms with Gasteiger partial charge in [-0.05, 0) is 105 Å². The third-order valence-corrected chi connectivity index (χ3v) is 8.52. The van der Waals surface area contributed by atoms with E-state index in [9.17, 15) is 17.6 Å². The molecule has 1 aromatic rings. The van der Waals surface area contributed by atoms with Crippen molar-refractivity contribution in [3.8, 4) is 0 Å². The van der Waals surface area contributed by atoms with Gasteiger partial charge in [0, 0.05) is 5.92 Å². The van der Waals surface area contributed by atoms with Crippen LogP contribution in [-0.4, -0.2) is 6.18 Å². The lowest BCUT2D eigenvalue weighted by Gasteiger charge is -2.37. The minimum absolute atomic E-state index is 0.128. The second-order valence-corrected chi connectivity index (χ2v) is 11.0. The van der Waals surface area contributed by atoms with Crippen molar-refractivity contribution in [1.82, 2.24) is 0 Å². The lowest BCUT2D eigenvalue weighted by Crippen LogP contribution is -2.26. The number of alkyl halides is 3. The fraction of sp³-hybridized carbons (Fsp3) is 0.548. The lowest BCUT2D eigenvalue weighted by atomic mass is 9.68. The maximum Gasteiger partial charge on any atom is 0.412 e. The molecule has 4 rings (SSSR count). The topological polar surface area (TPSA) is 0 Å². The molecule has 36 heavy (non-hydrogen) atoms. The first-order chi connectivity index (χ1) is 17.2. The largest absolute Gasteiger partial charge is 0.412 e. The minimum atomic E-state index is -4.58. The molecular formula is C31H37F5. The van der Waals surface area contributed by atoms with E-state index in [2.05, 4.69) is 6.08 Å². The molecule has 0 atom stereocenters. The zero-order valence-corrected chi connectivity index (χ0v) is 21.1. The summed E-state index contributed by atoms with van der Waals surface area (Å²) in [6.45, 7) is 2.04. The van der Waals surface area contributed by atoms with Crippen molar-refractivity contribution >= 4 is 5.57 Å². The van der Waals surface area contributed by atoms with Gasteiger partial charge in [-0.3, -0.25) is 0 Å². The van der Waals surface area contributed by atoms with Crippen molar-refractivity contribution in [3.63, 3.8) is 0 Å². The van der Waals surface area contributed by atoms with E-state index in [4.69, 9.17) is 0 Å². The smallest absolute Gasteiger partial charge is 0.212 e. The van der Waals surface area contributed by atoms with Gasteiger partial charge in [-0.2, -0.15) is 13.2 Å². The van der Waals surface area contributed by atoms with Crippen LogP contribution < -0.4 is 0 Å². The molecule has 0 amide bonds. The molecule has 0 saturated heterocycles. The van der Waals surface area contributed by atoms with Gasteiger partial charge in [0.25, 0.3) is 0 Å². The average Bonchev–Trinajstić information content (AvgIpc) is 3.03. The molecule has 0 bridgehead atoms. The second-order valence-electron chi connectivity index (χ2n) is 11.0. The summed E-state index contributed by atoms with van der Waals surface area (Å²) < 4.78 is 66.3. The first-order valence-electron chi connectivity index (χ1n) is 13.5. The first-order valence-corrected chi connectivity index (χ1v) is 13.5. The molecule has 2 fully saturated rings. The zero-order chi connectivity index (χ0) is 25.7. The second kappa shape index (κ2) is 11.9. The Morgan fingerprint density at radius 2 is 1.50 bits per heavy atom. The lowest BCUT2D eigenvalue weighted by molar-refractivity contribution is -0.0821. The highest BCUT2D eigenvalue weighted by Gasteiger charge is 2.34. The van der Waals surface area contributed by atoms with E-state index in [1.165, 1.54) is 5.56 Å². The van der Waals surface area contributed by atoms with Crippen LogP contribution in [-0.2, 0) is 0 Å². The molecule has 3 aliphatic rings. The monoisotopic (exact) mass is 504 g/mol. The highest BCUT2D eigenvalue weighted by molar-refractivity contribution is 5.76. The molecule has 0 N–H and O–H groups in total. The SMILES string of the molecule is Cc1ccc(C2=CCC=C(CCC3CCC(C4CCC(/C(F)=C/C(F)(F)F)CC4)CC3)C(F)=C2)cc1. The van der Waals surface area contributed by atoms with Crippen molar-refractivity contribution < 1.29 is 22.0 Å². The van der Waals surface area contributed by atoms with Crippen molar-refractivity contribution in [3.05, 3.63) is 76.9 Å². The van der Waals surface area contributed by atoms with Crippen molar-refractivity contribution in [2.24, 2.45) is 23.7 Å².